The van der Waals surface area contributed by atoms with Gasteiger partial charge in [0.2, 0.25) is 7.28 Å². The Morgan fingerprint density at radius 3 is 2.54 bits per heavy atom. The van der Waals surface area contributed by atoms with Crippen LogP contribution in [0.4, 0.5) is 4.79 Å². The Labute approximate surface area is 80.9 Å². The third-order valence-corrected chi connectivity index (χ3v) is 3.65. The number of fused-ring (bicyclic) bond motifs is 1. The Morgan fingerprint density at radius 1 is 1.46 bits per heavy atom. The van der Waals surface area contributed by atoms with Crippen molar-refractivity contribution in [2.75, 3.05) is 13.1 Å². The molecule has 2 aliphatic rings. The van der Waals surface area contributed by atoms with E-state index in [1.165, 1.54) is 12.8 Å². The highest BCUT2D eigenvalue weighted by Gasteiger charge is 2.55. The van der Waals surface area contributed by atoms with Gasteiger partial charge in [-0.2, -0.15) is 0 Å². The van der Waals surface area contributed by atoms with Gasteiger partial charge in [-0.3, -0.25) is 4.79 Å². The predicted molar refractivity (Wildman–Crippen MR) is 55.4 cm³/mol. The molecule has 1 aliphatic carbocycles. The van der Waals surface area contributed by atoms with E-state index in [1.807, 2.05) is 6.82 Å². The van der Waals surface area contributed by atoms with E-state index in [-0.39, 0.29) is 0 Å². The van der Waals surface area contributed by atoms with Crippen LogP contribution in [-0.2, 0) is 0 Å². The smallest absolute Gasteiger partial charge is 0.230 e. The SMILES string of the molecule is CBC(=O)N1CC2C(CCC)C2C1. The summed E-state index contributed by atoms with van der Waals surface area (Å²) in [6, 6.07) is 0. The molecule has 0 bridgehead atoms. The molecule has 1 saturated carbocycles. The molecule has 0 spiro atoms. The van der Waals surface area contributed by atoms with Crippen molar-refractivity contribution in [2.24, 2.45) is 17.8 Å². The summed E-state index contributed by atoms with van der Waals surface area (Å²) in [4.78, 5) is 13.4. The lowest BCUT2D eigenvalue weighted by Gasteiger charge is -2.18. The van der Waals surface area contributed by atoms with Crippen LogP contribution in [0.2, 0.25) is 6.82 Å². The predicted octanol–water partition coefficient (Wildman–Crippen LogP) is 1.57. The minimum absolute atomic E-state index is 0.349. The fraction of sp³-hybridized carbons (Fsp3) is 0.900. The van der Waals surface area contributed by atoms with Crippen LogP contribution in [0.1, 0.15) is 19.8 Å². The Morgan fingerprint density at radius 2 is 2.08 bits per heavy atom. The summed E-state index contributed by atoms with van der Waals surface area (Å²) in [5, 5.41) is 0. The van der Waals surface area contributed by atoms with Crippen molar-refractivity contribution < 1.29 is 4.79 Å². The van der Waals surface area contributed by atoms with Crippen molar-refractivity contribution in [1.29, 1.82) is 0 Å². The van der Waals surface area contributed by atoms with E-state index >= 15 is 0 Å². The molecule has 1 aliphatic heterocycles. The van der Waals surface area contributed by atoms with Gasteiger partial charge in [0.25, 0.3) is 0 Å². The quantitative estimate of drug-likeness (QED) is 0.602. The molecular weight excluding hydrogens is 161 g/mol. The van der Waals surface area contributed by atoms with Gasteiger partial charge >= 0.3 is 0 Å². The van der Waals surface area contributed by atoms with Crippen molar-refractivity contribution in [1.82, 2.24) is 4.90 Å². The summed E-state index contributed by atoms with van der Waals surface area (Å²) in [5.41, 5.74) is 0. The van der Waals surface area contributed by atoms with Crippen LogP contribution in [0.25, 0.3) is 0 Å². The molecule has 2 rings (SSSR count). The van der Waals surface area contributed by atoms with Crippen LogP contribution >= 0.6 is 0 Å². The molecule has 2 nitrogen and oxygen atoms in total. The summed E-state index contributed by atoms with van der Waals surface area (Å²) in [5.74, 6) is 3.05. The van der Waals surface area contributed by atoms with Crippen LogP contribution in [0.3, 0.4) is 0 Å². The summed E-state index contributed by atoms with van der Waals surface area (Å²) in [7, 11) is 0.678. The third-order valence-electron chi connectivity index (χ3n) is 3.65. The van der Waals surface area contributed by atoms with Crippen LogP contribution in [0, 0.1) is 17.8 Å². The maximum atomic E-state index is 11.4. The van der Waals surface area contributed by atoms with E-state index < -0.39 is 0 Å². The molecule has 3 heteroatoms. The zero-order valence-corrected chi connectivity index (χ0v) is 8.62. The highest BCUT2D eigenvalue weighted by atomic mass is 16.2. The van der Waals surface area contributed by atoms with Crippen molar-refractivity contribution in [3.8, 4) is 0 Å². The minimum atomic E-state index is 0.349. The van der Waals surface area contributed by atoms with Gasteiger partial charge in [-0.1, -0.05) is 26.6 Å². The van der Waals surface area contributed by atoms with Crippen LogP contribution in [0.15, 0.2) is 0 Å². The number of piperidine rings is 1. The molecule has 2 unspecified atom stereocenters. The molecule has 2 atom stereocenters. The Hall–Kier alpha value is -0.465. The molecule has 0 aromatic carbocycles. The van der Waals surface area contributed by atoms with E-state index in [0.29, 0.717) is 13.1 Å². The fourth-order valence-corrected chi connectivity index (χ4v) is 2.84. The van der Waals surface area contributed by atoms with Crippen LogP contribution in [-0.4, -0.2) is 31.1 Å². The Bertz CT molecular complexity index is 207. The van der Waals surface area contributed by atoms with E-state index in [2.05, 4.69) is 11.8 Å². The molecular formula is C10H18BNO. The molecule has 1 heterocycles. The number of hydrogen-bond acceptors (Lipinski definition) is 1. The van der Waals surface area contributed by atoms with Gasteiger partial charge in [0.1, 0.15) is 0 Å². The molecule has 0 radical (unpaired) electrons. The molecule has 0 N–H and O–H groups in total. The maximum Gasteiger partial charge on any atom is 0.230 e. The number of likely N-dealkylation sites (tertiary alicyclic amines) is 1. The first-order valence-electron chi connectivity index (χ1n) is 5.55. The lowest BCUT2D eigenvalue weighted by molar-refractivity contribution is 0.223. The molecule has 0 aromatic rings. The van der Waals surface area contributed by atoms with Crippen molar-refractivity contribution in [3.63, 3.8) is 0 Å². The second-order valence-electron chi connectivity index (χ2n) is 4.43. The fourth-order valence-electron chi connectivity index (χ4n) is 2.84. The number of nitrogens with zero attached hydrogens (tertiary/aromatic N) is 1. The molecule has 13 heavy (non-hydrogen) atoms. The molecule has 1 amide bonds. The first kappa shape index (κ1) is 9.10. The number of carbonyl (C=O) groups is 1. The molecule has 72 valence electrons. The van der Waals surface area contributed by atoms with E-state index in [9.17, 15) is 4.79 Å². The second-order valence-corrected chi connectivity index (χ2v) is 4.43. The highest BCUT2D eigenvalue weighted by Crippen LogP contribution is 2.53. The average Bonchev–Trinajstić information content (AvgIpc) is 2.64. The van der Waals surface area contributed by atoms with Gasteiger partial charge in [-0.25, -0.2) is 0 Å². The zero-order chi connectivity index (χ0) is 9.42. The second kappa shape index (κ2) is 3.35. The van der Waals surface area contributed by atoms with E-state index in [0.717, 1.165) is 30.8 Å². The van der Waals surface area contributed by atoms with E-state index in [4.69, 9.17) is 0 Å². The normalized spacial score (nSPS) is 35.8. The van der Waals surface area contributed by atoms with Gasteiger partial charge in [0.15, 0.2) is 5.81 Å². The lowest BCUT2D eigenvalue weighted by Crippen LogP contribution is -2.33. The Balaban J connectivity index is 1.80. The molecule has 0 aromatic heterocycles. The zero-order valence-electron chi connectivity index (χ0n) is 8.62. The number of amides is 1. The molecule has 1 saturated heterocycles. The monoisotopic (exact) mass is 179 g/mol. The van der Waals surface area contributed by atoms with Crippen molar-refractivity contribution in [3.05, 3.63) is 0 Å². The summed E-state index contributed by atoms with van der Waals surface area (Å²) < 4.78 is 0. The topological polar surface area (TPSA) is 20.3 Å². The third kappa shape index (κ3) is 1.49. The van der Waals surface area contributed by atoms with Crippen molar-refractivity contribution in [2.45, 2.75) is 26.6 Å². The van der Waals surface area contributed by atoms with Gasteiger partial charge in [-0.15, -0.1) is 0 Å². The first-order chi connectivity index (χ1) is 6.27. The van der Waals surface area contributed by atoms with Gasteiger partial charge in [0.05, 0.1) is 0 Å². The minimum Gasteiger partial charge on any atom is -0.351 e. The first-order valence-corrected chi connectivity index (χ1v) is 5.55. The Kier molecular flexibility index (Phi) is 2.35. The maximum absolute atomic E-state index is 11.4. The number of carbonyl (C=O) groups excluding carboxylic acids is 1. The van der Waals surface area contributed by atoms with Gasteiger partial charge < -0.3 is 4.90 Å². The van der Waals surface area contributed by atoms with E-state index in [1.54, 1.807) is 0 Å². The molecule has 2 fully saturated rings. The summed E-state index contributed by atoms with van der Waals surface area (Å²) >= 11 is 0. The highest BCUT2D eigenvalue weighted by molar-refractivity contribution is 6.72. The summed E-state index contributed by atoms with van der Waals surface area (Å²) in [6.07, 6.45) is 2.68. The lowest BCUT2D eigenvalue weighted by atomic mass is 9.80. The number of hydrogen-bond donors (Lipinski definition) is 0. The van der Waals surface area contributed by atoms with Gasteiger partial charge in [-0.05, 0) is 17.8 Å². The van der Waals surface area contributed by atoms with Crippen molar-refractivity contribution >= 4 is 13.1 Å². The number of rotatable bonds is 3. The van der Waals surface area contributed by atoms with Gasteiger partial charge in [0, 0.05) is 13.1 Å². The standard InChI is InChI=1S/C10H18BNO/c1-3-4-7-8-5-12(6-9(7)8)10(13)11-2/h7-9,11H,3-6H2,1-2H3. The van der Waals surface area contributed by atoms with Crippen LogP contribution < -0.4 is 0 Å². The van der Waals surface area contributed by atoms with Crippen LogP contribution in [0.5, 0.6) is 0 Å². The average molecular weight is 179 g/mol. The largest absolute Gasteiger partial charge is 0.351 e. The summed E-state index contributed by atoms with van der Waals surface area (Å²) in [6.45, 7) is 6.32.